The first-order valence-corrected chi connectivity index (χ1v) is 33.2. The van der Waals surface area contributed by atoms with Gasteiger partial charge in [-0.25, -0.2) is 9.18 Å². The molecule has 2 unspecified atom stereocenters. The minimum atomic E-state index is -2.36. The van der Waals surface area contributed by atoms with Crippen molar-refractivity contribution in [1.29, 1.82) is 0 Å². The Hall–Kier alpha value is -7.20. The Morgan fingerprint density at radius 3 is 1.72 bits per heavy atom. The van der Waals surface area contributed by atoms with Crippen LogP contribution in [0.3, 0.4) is 0 Å². The van der Waals surface area contributed by atoms with E-state index in [1.165, 1.54) is 19.2 Å². The van der Waals surface area contributed by atoms with E-state index in [2.05, 4.69) is 64.2 Å². The molecule has 0 radical (unpaired) electrons. The molecule has 13 heteroatoms. The van der Waals surface area contributed by atoms with Gasteiger partial charge in [0.15, 0.2) is 14.4 Å². The summed E-state index contributed by atoms with van der Waals surface area (Å²) in [6, 6.07) is 70.4. The highest BCUT2D eigenvalue weighted by atomic mass is 32.2. The third-order valence-corrected chi connectivity index (χ3v) is 22.2. The number of β-lactam (4-membered cyclic amide) rings is 1. The van der Waals surface area contributed by atoms with Crippen LogP contribution in [-0.2, 0) is 64.1 Å². The molecule has 440 valence electrons. The van der Waals surface area contributed by atoms with Crippen LogP contribution >= 0.6 is 11.8 Å². The van der Waals surface area contributed by atoms with Crippen molar-refractivity contribution in [3.63, 3.8) is 0 Å². The van der Waals surface area contributed by atoms with E-state index in [4.69, 9.17) is 32.8 Å². The van der Waals surface area contributed by atoms with Crippen LogP contribution in [0.2, 0.25) is 18.1 Å². The summed E-state index contributed by atoms with van der Waals surface area (Å²) in [5, 5.41) is -0.0970. The number of anilines is 1. The van der Waals surface area contributed by atoms with Crippen molar-refractivity contribution in [2.45, 2.75) is 126 Å². The molecule has 85 heavy (non-hydrogen) atoms. The molecule has 8 aromatic carbocycles. The summed E-state index contributed by atoms with van der Waals surface area (Å²) < 4.78 is 61.4. The molecule has 2 aliphatic rings. The summed E-state index contributed by atoms with van der Waals surface area (Å²) in [7, 11) is -1.00. The van der Waals surface area contributed by atoms with Crippen molar-refractivity contribution in [2.75, 3.05) is 17.8 Å². The lowest BCUT2D eigenvalue weighted by atomic mass is 9.78. The average molecular weight is 1180 g/mol. The van der Waals surface area contributed by atoms with Crippen LogP contribution in [0.5, 0.6) is 5.75 Å². The molecule has 0 saturated carbocycles. The zero-order valence-corrected chi connectivity index (χ0v) is 51.1. The summed E-state index contributed by atoms with van der Waals surface area (Å²) in [4.78, 5) is 32.1. The number of carbonyl (C=O) groups excluding carboxylic acids is 2. The van der Waals surface area contributed by atoms with Crippen molar-refractivity contribution < 1.29 is 46.8 Å². The molecule has 0 bridgehead atoms. The van der Waals surface area contributed by atoms with E-state index < -0.39 is 56.8 Å². The number of carbonyl (C=O) groups is 2. The molecular weight excluding hydrogens is 1100 g/mol. The lowest BCUT2D eigenvalue weighted by Gasteiger charge is -2.49. The van der Waals surface area contributed by atoms with Crippen molar-refractivity contribution >= 4 is 37.6 Å². The average Bonchev–Trinajstić information content (AvgIpc) is 1.30. The molecule has 0 aromatic heterocycles. The van der Waals surface area contributed by atoms with Gasteiger partial charge in [-0.05, 0) is 118 Å². The summed E-state index contributed by atoms with van der Waals surface area (Å²) in [5.74, 6) is -0.322. The number of nitrogens with zero attached hydrogens (tertiary/aromatic N) is 1. The van der Waals surface area contributed by atoms with E-state index in [9.17, 15) is 9.18 Å². The fourth-order valence-corrected chi connectivity index (χ4v) is 13.4. The first-order valence-electron chi connectivity index (χ1n) is 29.3. The maximum atomic E-state index is 15.0. The van der Waals surface area contributed by atoms with Gasteiger partial charge in [0.1, 0.15) is 36.5 Å². The number of hydrogen-bond acceptors (Lipinski definition) is 10. The van der Waals surface area contributed by atoms with Gasteiger partial charge in [0.2, 0.25) is 5.91 Å². The van der Waals surface area contributed by atoms with Gasteiger partial charge in [-0.1, -0.05) is 197 Å². The fourth-order valence-electron chi connectivity index (χ4n) is 10.9. The topological polar surface area (TPSA) is 102 Å². The van der Waals surface area contributed by atoms with E-state index in [-0.39, 0.29) is 42.7 Å². The SMILES string of the molecule is COC(=O)C1O[C@@H](CSc2cc(-c3cccc(OCc4ccccc4)c3)ccc2[C@@H]2[C@@H](CC[C@H](O[Si](C)(C)C(C)(C)C)c3ccc(F)cc3)C(=O)N2c2ccccc2)C(OCc2ccccc2)[C@H](OCc2ccccc2)[C@H]1OCc1ccccc1. The minimum Gasteiger partial charge on any atom is -0.489 e. The lowest BCUT2D eigenvalue weighted by Crippen LogP contribution is -2.62. The summed E-state index contributed by atoms with van der Waals surface area (Å²) in [5.41, 5.74) is 8.38. The highest BCUT2D eigenvalue weighted by Gasteiger charge is 2.53. The molecule has 2 fully saturated rings. The number of halogens is 1. The predicted octanol–water partition coefficient (Wildman–Crippen LogP) is 16.1. The molecule has 8 aromatic rings. The van der Waals surface area contributed by atoms with Crippen molar-refractivity contribution in [3.05, 3.63) is 258 Å². The number of ether oxygens (including phenoxy) is 6. The smallest absolute Gasteiger partial charge is 0.337 e. The zero-order chi connectivity index (χ0) is 59.3. The van der Waals surface area contributed by atoms with Crippen LogP contribution in [0.15, 0.2) is 223 Å². The maximum Gasteiger partial charge on any atom is 0.337 e. The Bertz CT molecular complexity index is 3410. The van der Waals surface area contributed by atoms with E-state index in [0.29, 0.717) is 25.2 Å². The van der Waals surface area contributed by atoms with Crippen LogP contribution in [0.25, 0.3) is 11.1 Å². The number of methoxy groups -OCH3 is 1. The summed E-state index contributed by atoms with van der Waals surface area (Å²) in [6.45, 7) is 12.1. The van der Waals surface area contributed by atoms with Crippen LogP contribution in [0, 0.1) is 11.7 Å². The molecule has 8 atom stereocenters. The summed E-state index contributed by atoms with van der Waals surface area (Å²) in [6.07, 6.45) is -3.79. The third kappa shape index (κ3) is 15.3. The largest absolute Gasteiger partial charge is 0.489 e. The van der Waals surface area contributed by atoms with E-state index >= 15 is 4.79 Å². The molecule has 2 aliphatic heterocycles. The molecule has 10 nitrogen and oxygen atoms in total. The fraction of sp³-hybridized carbons (Fsp3) is 0.306. The van der Waals surface area contributed by atoms with E-state index in [0.717, 1.165) is 60.8 Å². The van der Waals surface area contributed by atoms with Crippen molar-refractivity contribution in [2.24, 2.45) is 5.92 Å². The molecule has 0 aliphatic carbocycles. The second kappa shape index (κ2) is 28.3. The van der Waals surface area contributed by atoms with Gasteiger partial charge in [-0.15, -0.1) is 11.8 Å². The number of rotatable bonds is 25. The number of hydrogen-bond donors (Lipinski definition) is 0. The molecular formula is C72H76FNO9SSi. The van der Waals surface area contributed by atoms with E-state index in [1.54, 1.807) is 11.8 Å². The summed E-state index contributed by atoms with van der Waals surface area (Å²) >= 11 is 1.58. The van der Waals surface area contributed by atoms with Crippen LogP contribution in [0.1, 0.15) is 79.1 Å². The Morgan fingerprint density at radius 2 is 1.15 bits per heavy atom. The second-order valence-electron chi connectivity index (χ2n) is 23.4. The van der Waals surface area contributed by atoms with Gasteiger partial charge in [-0.3, -0.25) is 4.79 Å². The Balaban J connectivity index is 1.05. The molecule has 10 rings (SSSR count). The van der Waals surface area contributed by atoms with E-state index in [1.807, 2.05) is 181 Å². The number of para-hydroxylation sites is 1. The third-order valence-electron chi connectivity index (χ3n) is 16.5. The van der Waals surface area contributed by atoms with Crippen LogP contribution < -0.4 is 9.64 Å². The first-order chi connectivity index (χ1) is 41.2. The lowest BCUT2D eigenvalue weighted by molar-refractivity contribution is -0.261. The van der Waals surface area contributed by atoms with Gasteiger partial charge < -0.3 is 37.7 Å². The molecule has 1 amide bonds. The molecule has 0 spiro atoms. The number of benzene rings is 8. The highest BCUT2D eigenvalue weighted by molar-refractivity contribution is 7.99. The Kier molecular flexibility index (Phi) is 20.3. The number of amides is 1. The van der Waals surface area contributed by atoms with Crippen molar-refractivity contribution in [1.82, 2.24) is 0 Å². The van der Waals surface area contributed by atoms with Crippen molar-refractivity contribution in [3.8, 4) is 16.9 Å². The molecule has 0 N–H and O–H groups in total. The zero-order valence-electron chi connectivity index (χ0n) is 49.3. The van der Waals surface area contributed by atoms with Gasteiger partial charge in [-0.2, -0.15) is 0 Å². The standard InChI is InChI=1S/C72H76FNO9SSi/c1-72(2,3)85(5,6)83-62(54-35-38-57(73)39-36-54)42-41-61-65(74(70(61)75)58-32-20-11-21-33-58)60-40-37-56(55-31-22-34-59(43-55)78-45-50-23-12-7-13-24-50)44-64(60)84-49-63-66(79-46-51-25-14-8-15-26-51)67(80-47-52-27-16-9-17-28-52)68(69(82-63)71(76)77-4)81-48-53-29-18-10-19-30-53/h7-40,43-44,61-63,65-69H,41-42,45-49H2,1-6H3/t61-,62+,63+,65-,66?,67+,68-,69?/m1/s1. The monoisotopic (exact) mass is 1180 g/mol. The second-order valence-corrected chi connectivity index (χ2v) is 29.2. The minimum absolute atomic E-state index is 0.00976. The number of esters is 1. The number of thioether (sulfide) groups is 1. The highest BCUT2D eigenvalue weighted by Crippen LogP contribution is 2.51. The first kappa shape index (κ1) is 60.9. The predicted molar refractivity (Wildman–Crippen MR) is 336 cm³/mol. The van der Waals surface area contributed by atoms with Crippen LogP contribution in [0.4, 0.5) is 10.1 Å². The molecule has 2 heterocycles. The van der Waals surface area contributed by atoms with Gasteiger partial charge in [0.05, 0.1) is 51.1 Å². The normalized spacial score (nSPS) is 20.1. The Labute approximate surface area is 505 Å². The molecule has 2 saturated heterocycles. The maximum absolute atomic E-state index is 15.0. The van der Waals surface area contributed by atoms with Gasteiger partial charge >= 0.3 is 5.97 Å². The van der Waals surface area contributed by atoms with Gasteiger partial charge in [0.25, 0.3) is 0 Å². The van der Waals surface area contributed by atoms with Crippen LogP contribution in [-0.4, -0.2) is 63.6 Å². The quantitative estimate of drug-likeness (QED) is 0.0238. The van der Waals surface area contributed by atoms with Gasteiger partial charge in [0, 0.05) is 16.3 Å². The Morgan fingerprint density at radius 1 is 0.624 bits per heavy atom.